The molecule has 0 atom stereocenters. The van der Waals surface area contributed by atoms with Gasteiger partial charge < -0.3 is 14.0 Å². The minimum atomic E-state index is -4.35. The van der Waals surface area contributed by atoms with Crippen molar-refractivity contribution >= 4 is 28.6 Å². The summed E-state index contributed by atoms with van der Waals surface area (Å²) in [6.07, 6.45) is 16.2. The molecule has 0 spiro atoms. The van der Waals surface area contributed by atoms with Crippen LogP contribution in [0.2, 0.25) is 0 Å². The molecule has 0 amide bonds. The lowest BCUT2D eigenvalue weighted by atomic mass is 9.88. The van der Waals surface area contributed by atoms with Crippen LogP contribution >= 0.6 is 22.7 Å². The molecule has 10 aromatic heterocycles. The number of hydrogen-bond donors (Lipinski definition) is 2. The average molecular weight is 1490 g/mol. The zero-order chi connectivity index (χ0) is 80.2. The van der Waals surface area contributed by atoms with Gasteiger partial charge in [0, 0.05) is 105 Å². The standard InChI is InChI=1S/C10H12F3N.C10H18N2.C9H14N2O2.C9H13N.C8H12N2.C7H11NS.2C6H10N2O.C6H10N2S.C5H10N4/c1-9(2,3)7-4-5-8(14-6-7)10(11,12)13;1-8(2)12-7-9(6-11-12)10(3,4)5;1-9(2,3)7-4-5-11(10-7)6-8(12)13;1-9(2,3)8-5-4-6-10-7-8;1-8(2,3)7-6-9-4-5-10-7;1-7(2,3)6-8-4-5-9-6;1-6(2,3)5-8-7-4-9-5;1-6(2,3)5-7-4-9-8-5;1-6(2,3)5-8-7-4-9-5;1-5(2,3)4-6-8-9-7-4/h4-6H,1-3H3;6-8H,1-5H3;4-5H,6H2,1-3H3,(H,12,13);4-7H,1-3H3;4-6H,1-3H3;4-5H,1-3H3;3*4H,1-3H3;1-3H3,(H,6,7,8,9). The third-order valence-corrected chi connectivity index (χ3v) is 15.9. The molecule has 0 radical (unpaired) electrons. The number of nitrogens with zero attached hydrogens (tertiary/aromatic N) is 18. The van der Waals surface area contributed by atoms with Crippen LogP contribution in [0.4, 0.5) is 13.2 Å². The zero-order valence-electron chi connectivity index (χ0n) is 67.9. The number of thiazole rings is 1. The molecule has 0 saturated carbocycles. The highest BCUT2D eigenvalue weighted by molar-refractivity contribution is 7.09. The Balaban J connectivity index is 0.000000580. The Bertz CT molecular complexity index is 3490. The van der Waals surface area contributed by atoms with Gasteiger partial charge in [-0.2, -0.15) is 33.6 Å². The molecular formula is C76H120F3N19O4S2. The predicted molar refractivity (Wildman–Crippen MR) is 410 cm³/mol. The Morgan fingerprint density at radius 3 is 1.37 bits per heavy atom. The van der Waals surface area contributed by atoms with Crippen molar-refractivity contribution in [3.05, 3.63) is 177 Å². The van der Waals surface area contributed by atoms with Gasteiger partial charge in [-0.25, -0.2) is 4.98 Å². The van der Waals surface area contributed by atoms with Crippen molar-refractivity contribution < 1.29 is 32.0 Å². The summed E-state index contributed by atoms with van der Waals surface area (Å²) in [6.45, 7) is 66.9. The van der Waals surface area contributed by atoms with Gasteiger partial charge in [0.2, 0.25) is 18.7 Å². The molecule has 0 aliphatic carbocycles. The molecule has 576 valence electrons. The fourth-order valence-corrected chi connectivity index (χ4v) is 8.44. The lowest BCUT2D eigenvalue weighted by molar-refractivity contribution is -0.141. The van der Waals surface area contributed by atoms with Gasteiger partial charge in [0.1, 0.15) is 22.8 Å². The molecule has 2 N–H and O–H groups in total. The number of halogens is 3. The molecular weight excluding hydrogens is 1360 g/mol. The molecule has 23 nitrogen and oxygen atoms in total. The SMILES string of the molecule is CC(C)(C)c1ccc(C(F)(F)F)nc1.CC(C)(C)c1cccnc1.CC(C)(C)c1ccn(CC(=O)O)n1.CC(C)(C)c1cnccn1.CC(C)(C)c1nccs1.CC(C)(C)c1ncon1.CC(C)(C)c1nn[nH]n1.CC(C)(C)c1nnco1.CC(C)(C)c1nncs1.CC(C)n1cc(C(C)(C)C)cn1. The second-order valence-electron chi connectivity index (χ2n) is 34.7. The van der Waals surface area contributed by atoms with E-state index in [0.29, 0.717) is 11.9 Å². The van der Waals surface area contributed by atoms with E-state index in [1.54, 1.807) is 59.2 Å². The number of aliphatic carboxylic acids is 1. The summed E-state index contributed by atoms with van der Waals surface area (Å²) in [7, 11) is 0. The van der Waals surface area contributed by atoms with Crippen LogP contribution in [0.1, 0.15) is 289 Å². The van der Waals surface area contributed by atoms with E-state index < -0.39 is 17.8 Å². The van der Waals surface area contributed by atoms with E-state index in [2.05, 4.69) is 221 Å². The number of nitrogens with one attached hydrogen (secondary N) is 1. The summed E-state index contributed by atoms with van der Waals surface area (Å²) < 4.78 is 49.5. The van der Waals surface area contributed by atoms with Crippen LogP contribution in [0, 0.1) is 0 Å². The minimum absolute atomic E-state index is 0.00694. The normalized spacial score (nSPS) is 12.0. The predicted octanol–water partition coefficient (Wildman–Crippen LogP) is 19.1. The fourth-order valence-electron chi connectivity index (χ4n) is 7.07. The number of carbonyl (C=O) groups is 1. The number of H-pyrrole nitrogens is 1. The molecule has 0 unspecified atom stereocenters. The Morgan fingerprint density at radius 1 is 0.519 bits per heavy atom. The van der Waals surface area contributed by atoms with E-state index in [9.17, 15) is 18.0 Å². The van der Waals surface area contributed by atoms with E-state index in [1.807, 2.05) is 145 Å². The van der Waals surface area contributed by atoms with E-state index in [0.717, 1.165) is 39.7 Å². The summed E-state index contributed by atoms with van der Waals surface area (Å²) in [6, 6.07) is 8.87. The lowest BCUT2D eigenvalue weighted by Gasteiger charge is -2.18. The van der Waals surface area contributed by atoms with Gasteiger partial charge in [-0.3, -0.25) is 34.1 Å². The van der Waals surface area contributed by atoms with Gasteiger partial charge in [-0.05, 0) is 65.0 Å². The van der Waals surface area contributed by atoms with Gasteiger partial charge in [0.05, 0.1) is 22.6 Å². The number of carboxylic acid groups (broad SMARTS) is 1. The summed E-state index contributed by atoms with van der Waals surface area (Å²) in [5.41, 5.74) is 7.02. The quantitative estimate of drug-likeness (QED) is 0.166. The van der Waals surface area contributed by atoms with Crippen molar-refractivity contribution in [3.63, 3.8) is 0 Å². The highest BCUT2D eigenvalue weighted by Gasteiger charge is 2.33. The molecule has 0 aromatic carbocycles. The summed E-state index contributed by atoms with van der Waals surface area (Å²) in [4.78, 5) is 34.1. The van der Waals surface area contributed by atoms with Crippen molar-refractivity contribution in [1.82, 2.24) is 95.6 Å². The molecule has 0 aliphatic rings. The number of rotatable bonds is 3. The van der Waals surface area contributed by atoms with Crippen LogP contribution < -0.4 is 0 Å². The molecule has 104 heavy (non-hydrogen) atoms. The number of alkyl halides is 3. The van der Waals surface area contributed by atoms with Gasteiger partial charge >= 0.3 is 12.1 Å². The van der Waals surface area contributed by atoms with Crippen molar-refractivity contribution in [3.8, 4) is 0 Å². The van der Waals surface area contributed by atoms with Gasteiger partial charge in [-0.15, -0.1) is 53.3 Å². The van der Waals surface area contributed by atoms with E-state index >= 15 is 0 Å². The minimum Gasteiger partial charge on any atom is -0.480 e. The van der Waals surface area contributed by atoms with Crippen LogP contribution in [0.3, 0.4) is 0 Å². The highest BCUT2D eigenvalue weighted by atomic mass is 32.1. The second-order valence-corrected chi connectivity index (χ2v) is 36.4. The van der Waals surface area contributed by atoms with Gasteiger partial charge in [0.15, 0.2) is 11.6 Å². The molecule has 10 aromatic rings. The first kappa shape index (κ1) is 93.6. The molecule has 28 heteroatoms. The van der Waals surface area contributed by atoms with Gasteiger partial charge in [-0.1, -0.05) is 230 Å². The summed E-state index contributed by atoms with van der Waals surface area (Å²) in [5.74, 6) is 1.32. The monoisotopic (exact) mass is 1480 g/mol. The number of aromatic nitrogens is 19. The Labute approximate surface area is 624 Å². The molecule has 0 saturated heterocycles. The molecule has 0 aliphatic heterocycles. The highest BCUT2D eigenvalue weighted by Crippen LogP contribution is 2.31. The van der Waals surface area contributed by atoms with Crippen molar-refractivity contribution in [2.75, 3.05) is 0 Å². The van der Waals surface area contributed by atoms with Crippen molar-refractivity contribution in [1.29, 1.82) is 0 Å². The number of carboxylic acids is 1. The van der Waals surface area contributed by atoms with Crippen molar-refractivity contribution in [2.45, 2.75) is 294 Å². The van der Waals surface area contributed by atoms with Crippen molar-refractivity contribution in [2.24, 2.45) is 0 Å². The first-order valence-electron chi connectivity index (χ1n) is 34.2. The van der Waals surface area contributed by atoms with E-state index in [1.165, 1.54) is 45.9 Å². The zero-order valence-corrected chi connectivity index (χ0v) is 69.6. The van der Waals surface area contributed by atoms with Crippen LogP contribution in [-0.4, -0.2) is 107 Å². The summed E-state index contributed by atoms with van der Waals surface area (Å²) >= 11 is 3.33. The molecule has 10 rings (SSSR count). The first-order chi connectivity index (χ1) is 47.2. The Hall–Kier alpha value is -8.40. The average Bonchev–Trinajstić information content (AvgIpc) is 1.83. The van der Waals surface area contributed by atoms with Crippen LogP contribution in [0.15, 0.2) is 125 Å². The third-order valence-electron chi connectivity index (χ3n) is 13.6. The maximum Gasteiger partial charge on any atom is 0.433 e. The molecule has 0 bridgehead atoms. The third kappa shape index (κ3) is 38.4. The molecule has 0 fully saturated rings. The molecule has 10 heterocycles. The smallest absolute Gasteiger partial charge is 0.433 e. The largest absolute Gasteiger partial charge is 0.480 e. The Morgan fingerprint density at radius 2 is 1.10 bits per heavy atom. The number of tetrazole rings is 1. The number of hydrogen-bond acceptors (Lipinski definition) is 21. The lowest BCUT2D eigenvalue weighted by Crippen LogP contribution is -2.14. The maximum absolute atomic E-state index is 12.2. The first-order valence-corrected chi connectivity index (χ1v) is 36.0. The fraction of sp³-hybridized carbons (Fsp3) is 0.592. The van der Waals surface area contributed by atoms with Crippen LogP contribution in [0.25, 0.3) is 0 Å². The van der Waals surface area contributed by atoms with E-state index in [4.69, 9.17) is 9.52 Å². The summed E-state index contributed by atoms with van der Waals surface area (Å²) in [5, 5.41) is 53.6. The number of aromatic amines is 1. The maximum atomic E-state index is 12.2. The second kappa shape index (κ2) is 40.2. The topological polar surface area (TPSA) is 295 Å². The Kier molecular flexibility index (Phi) is 36.2. The van der Waals surface area contributed by atoms with E-state index in [-0.39, 0.29) is 60.7 Å². The van der Waals surface area contributed by atoms with Crippen LogP contribution in [-0.2, 0) is 71.7 Å². The van der Waals surface area contributed by atoms with Crippen LogP contribution in [0.5, 0.6) is 0 Å². The number of pyridine rings is 2. The van der Waals surface area contributed by atoms with Gasteiger partial charge in [0.25, 0.3) is 0 Å².